The van der Waals surface area contributed by atoms with Gasteiger partial charge in [0.05, 0.1) is 25.4 Å². The summed E-state index contributed by atoms with van der Waals surface area (Å²) in [6.45, 7) is 22.1. The molecule has 0 bridgehead atoms. The van der Waals surface area contributed by atoms with Crippen molar-refractivity contribution in [3.8, 4) is 0 Å². The molecular formula is C43H70O10. The second-order valence-corrected chi connectivity index (χ2v) is 18.5. The molecule has 1 saturated heterocycles. The van der Waals surface area contributed by atoms with Crippen molar-refractivity contribution < 1.29 is 48.7 Å². The maximum Gasteiger partial charge on any atom is 0.335 e. The van der Waals surface area contributed by atoms with Gasteiger partial charge in [-0.1, -0.05) is 84.6 Å². The van der Waals surface area contributed by atoms with Crippen molar-refractivity contribution in [2.24, 2.45) is 51.8 Å². The van der Waals surface area contributed by atoms with Crippen LogP contribution in [0.2, 0.25) is 0 Å². The lowest BCUT2D eigenvalue weighted by Gasteiger charge is -2.67. The van der Waals surface area contributed by atoms with Gasteiger partial charge in [-0.2, -0.15) is 0 Å². The molecule has 0 unspecified atom stereocenters. The number of fused-ring (bicyclic) bond motifs is 3. The zero-order chi connectivity index (χ0) is 39.8. The van der Waals surface area contributed by atoms with Gasteiger partial charge in [-0.25, -0.2) is 9.59 Å². The van der Waals surface area contributed by atoms with Gasteiger partial charge in [-0.15, -0.1) is 0 Å². The first-order valence-corrected chi connectivity index (χ1v) is 20.1. The highest BCUT2D eigenvalue weighted by molar-refractivity contribution is 5.76. The third-order valence-corrected chi connectivity index (χ3v) is 14.3. The summed E-state index contributed by atoms with van der Waals surface area (Å²) >= 11 is 0. The van der Waals surface area contributed by atoms with Crippen molar-refractivity contribution in [3.63, 3.8) is 0 Å². The summed E-state index contributed by atoms with van der Waals surface area (Å²) in [5, 5.41) is 34.2. The lowest BCUT2D eigenvalue weighted by molar-refractivity contribution is -0.242. The summed E-state index contributed by atoms with van der Waals surface area (Å²) in [6.07, 6.45) is 4.15. The lowest BCUT2D eigenvalue weighted by atomic mass is 9.39. The predicted octanol–water partition coefficient (Wildman–Crippen LogP) is 6.72. The summed E-state index contributed by atoms with van der Waals surface area (Å²) in [4.78, 5) is 40.7. The molecule has 3 N–H and O–H groups in total. The number of hydrogen-bond donors (Lipinski definition) is 3. The molecule has 1 aliphatic heterocycles. The van der Waals surface area contributed by atoms with E-state index in [1.165, 1.54) is 12.7 Å². The number of esters is 3. The Kier molecular flexibility index (Phi) is 13.5. The predicted molar refractivity (Wildman–Crippen MR) is 202 cm³/mol. The zero-order valence-electron chi connectivity index (χ0n) is 34.6. The smallest absolute Gasteiger partial charge is 0.335 e. The first kappa shape index (κ1) is 43.5. The molecule has 0 radical (unpaired) electrons. The van der Waals surface area contributed by atoms with E-state index in [0.717, 1.165) is 18.4 Å². The van der Waals surface area contributed by atoms with E-state index in [2.05, 4.69) is 46.8 Å². The van der Waals surface area contributed by atoms with Crippen LogP contribution in [-0.2, 0) is 33.3 Å². The minimum absolute atomic E-state index is 0.0171. The second kappa shape index (κ2) is 16.4. The van der Waals surface area contributed by atoms with Crippen LogP contribution in [0.3, 0.4) is 0 Å². The lowest BCUT2D eigenvalue weighted by Crippen LogP contribution is -2.68. The van der Waals surface area contributed by atoms with Gasteiger partial charge in [0.1, 0.15) is 12.2 Å². The Morgan fingerprint density at radius 2 is 1.58 bits per heavy atom. The van der Waals surface area contributed by atoms with Crippen molar-refractivity contribution in [2.45, 2.75) is 164 Å². The molecular weight excluding hydrogens is 676 g/mol. The Bertz CT molecular complexity index is 1390. The number of hydrogen-bond acceptors (Lipinski definition) is 10. The number of aliphatic hydroxyl groups excluding tert-OH is 2. The van der Waals surface area contributed by atoms with E-state index in [0.29, 0.717) is 32.3 Å². The van der Waals surface area contributed by atoms with Crippen molar-refractivity contribution in [2.75, 3.05) is 13.7 Å². The van der Waals surface area contributed by atoms with Gasteiger partial charge in [0.25, 0.3) is 0 Å². The number of ether oxygens (including phenoxy) is 4. The molecule has 4 aliphatic rings. The van der Waals surface area contributed by atoms with Crippen LogP contribution in [-0.4, -0.2) is 83.1 Å². The highest BCUT2D eigenvalue weighted by Crippen LogP contribution is 2.72. The number of allylic oxidation sites excluding steroid dienone is 2. The summed E-state index contributed by atoms with van der Waals surface area (Å²) in [7, 11) is 1.35. The molecule has 14 atom stereocenters. The Hall–Kier alpha value is -2.27. The third kappa shape index (κ3) is 8.31. The van der Waals surface area contributed by atoms with Gasteiger partial charge in [0, 0.05) is 17.8 Å². The van der Waals surface area contributed by atoms with Gasteiger partial charge in [-0.05, 0) is 100 Å². The van der Waals surface area contributed by atoms with Crippen LogP contribution in [0.25, 0.3) is 0 Å². The Morgan fingerprint density at radius 1 is 1.00 bits per heavy atom. The summed E-state index contributed by atoms with van der Waals surface area (Å²) in [5.74, 6) is -3.17. The van der Waals surface area contributed by atoms with Crippen LogP contribution in [0.1, 0.15) is 128 Å². The number of carbonyl (C=O) groups excluding carboxylic acids is 3. The molecule has 10 heteroatoms. The zero-order valence-corrected chi connectivity index (χ0v) is 34.6. The molecule has 302 valence electrons. The maximum atomic E-state index is 14.0. The third-order valence-electron chi connectivity index (χ3n) is 14.3. The van der Waals surface area contributed by atoms with E-state index < -0.39 is 70.0 Å². The molecule has 2 saturated carbocycles. The average molecular weight is 747 g/mol. The Morgan fingerprint density at radius 3 is 2.11 bits per heavy atom. The minimum Gasteiger partial charge on any atom is -0.469 e. The molecule has 0 amide bonds. The molecule has 1 heterocycles. The van der Waals surface area contributed by atoms with E-state index in [4.69, 9.17) is 18.9 Å². The van der Waals surface area contributed by atoms with Crippen molar-refractivity contribution >= 4 is 17.9 Å². The summed E-state index contributed by atoms with van der Waals surface area (Å²) in [6, 6.07) is 0. The summed E-state index contributed by atoms with van der Waals surface area (Å²) < 4.78 is 24.5. The highest BCUT2D eigenvalue weighted by Gasteiger charge is 2.71. The van der Waals surface area contributed by atoms with Crippen LogP contribution >= 0.6 is 0 Å². The first-order chi connectivity index (χ1) is 24.6. The van der Waals surface area contributed by atoms with Gasteiger partial charge in [-0.3, -0.25) is 4.79 Å². The monoisotopic (exact) mass is 746 g/mol. The first-order valence-electron chi connectivity index (χ1n) is 20.1. The average Bonchev–Trinajstić information content (AvgIpc) is 3.69. The number of methoxy groups -OCH3 is 1. The maximum absolute atomic E-state index is 14.0. The Labute approximate surface area is 318 Å². The molecule has 53 heavy (non-hydrogen) atoms. The largest absolute Gasteiger partial charge is 0.469 e. The molecule has 0 aromatic rings. The van der Waals surface area contributed by atoms with Crippen molar-refractivity contribution in [3.05, 3.63) is 23.3 Å². The van der Waals surface area contributed by atoms with Crippen LogP contribution in [0.5, 0.6) is 0 Å². The van der Waals surface area contributed by atoms with Gasteiger partial charge < -0.3 is 34.3 Å². The fourth-order valence-electron chi connectivity index (χ4n) is 11.2. The molecule has 4 rings (SSSR count). The number of aliphatic hydroxyl groups is 3. The minimum atomic E-state index is -1.34. The molecule has 0 aromatic carbocycles. The standard InChI is InChI=1S/C43H70O10/c1-13-25(5)35(45)38(47)52-30-22-42(10)29(27-20-28(51-23-27)19-24(3)4)15-16-31(42)43(11)33(53-39(48)36(46)26(6)14-2)21-32(40(7,8)49)41(9,37(30)43)18-17-34(44)50-12/h16,19,25-30,32-33,35-37,45-46,49H,13-15,17-18,20-23H2,1-12H3/t25-,26-,27-,28-,29+,30-,32-,33-,35-,36-,37-,41+,42+,43-/m1/s1. The quantitative estimate of drug-likeness (QED) is 0.0994. The fourth-order valence-corrected chi connectivity index (χ4v) is 11.2. The SMILES string of the molecule is CC[C@@H](C)[C@@H](O)C(=O)O[C@@H]1C[C@]2(C)C(=CC[C@H]2[C@H]2CO[C@H](C=C(C)C)C2)[C@@]2(C)[C@H]1[C@@](C)(CCC(=O)OC)[C@@H](C(C)(C)O)C[C@H]2OC(=O)[C@H](O)[C@H](C)CC. The van der Waals surface area contributed by atoms with Gasteiger partial charge >= 0.3 is 17.9 Å². The number of carbonyl (C=O) groups is 3. The van der Waals surface area contributed by atoms with E-state index in [-0.39, 0.29) is 48.6 Å². The molecule has 10 nitrogen and oxygen atoms in total. The van der Waals surface area contributed by atoms with E-state index >= 15 is 0 Å². The van der Waals surface area contributed by atoms with Crippen LogP contribution in [0.4, 0.5) is 0 Å². The van der Waals surface area contributed by atoms with Crippen LogP contribution in [0.15, 0.2) is 23.3 Å². The topological polar surface area (TPSA) is 149 Å². The van der Waals surface area contributed by atoms with Gasteiger partial charge in [0.2, 0.25) is 0 Å². The van der Waals surface area contributed by atoms with Gasteiger partial charge in [0.15, 0.2) is 12.2 Å². The van der Waals surface area contributed by atoms with Crippen LogP contribution in [0, 0.1) is 51.8 Å². The van der Waals surface area contributed by atoms with E-state index in [1.807, 2.05) is 27.7 Å². The Balaban J connectivity index is 1.94. The highest BCUT2D eigenvalue weighted by atomic mass is 16.6. The molecule has 0 spiro atoms. The van der Waals surface area contributed by atoms with E-state index in [1.54, 1.807) is 13.8 Å². The molecule has 3 fully saturated rings. The molecule has 0 aromatic heterocycles. The fraction of sp³-hybridized carbons (Fsp3) is 0.837. The van der Waals surface area contributed by atoms with Crippen molar-refractivity contribution in [1.82, 2.24) is 0 Å². The van der Waals surface area contributed by atoms with E-state index in [9.17, 15) is 29.7 Å². The second-order valence-electron chi connectivity index (χ2n) is 18.5. The van der Waals surface area contributed by atoms with Crippen LogP contribution < -0.4 is 0 Å². The normalized spacial score (nSPS) is 37.6. The number of rotatable bonds is 14. The molecule has 3 aliphatic carbocycles. The van der Waals surface area contributed by atoms with Crippen molar-refractivity contribution in [1.29, 1.82) is 0 Å². The summed E-state index contributed by atoms with van der Waals surface area (Å²) in [5.41, 5.74) is -1.26.